The van der Waals surface area contributed by atoms with Gasteiger partial charge in [0.1, 0.15) is 0 Å². The number of hydrogen-bond donors (Lipinski definition) is 1. The van der Waals surface area contributed by atoms with Crippen molar-refractivity contribution in [2.45, 2.75) is 25.4 Å². The van der Waals surface area contributed by atoms with E-state index in [2.05, 4.69) is 0 Å². The molecule has 2 nitrogen and oxygen atoms in total. The minimum atomic E-state index is -1.89. The molecule has 1 aromatic rings. The second-order valence-electron chi connectivity index (χ2n) is 4.47. The average molecular weight is 223 g/mol. The molecule has 1 heterocycles. The van der Waals surface area contributed by atoms with E-state index >= 15 is 0 Å². The fourth-order valence-electron chi connectivity index (χ4n) is 2.20. The Balaban J connectivity index is 2.07. The number of rotatable bonds is 2. The molecule has 3 heteroatoms. The van der Waals surface area contributed by atoms with Gasteiger partial charge in [0.05, 0.1) is 7.14 Å². The van der Waals surface area contributed by atoms with Gasteiger partial charge in [-0.1, -0.05) is 18.6 Å². The molecule has 0 unspecified atom stereocenters. The standard InChI is InChI=1S/C12H18NOP/c13-12-6-4-11(5-7-12)10-15(14)8-2-1-3-9-15/h4-7H,1-3,8-10,13H2. The van der Waals surface area contributed by atoms with Crippen LogP contribution in [0.15, 0.2) is 24.3 Å². The smallest absolute Gasteiger partial charge is 0.0919 e. The number of hydrogen-bond acceptors (Lipinski definition) is 2. The summed E-state index contributed by atoms with van der Waals surface area (Å²) >= 11 is 0. The van der Waals surface area contributed by atoms with Gasteiger partial charge in [-0.25, -0.2) is 0 Å². The third-order valence-corrected chi connectivity index (χ3v) is 6.29. The second-order valence-corrected chi connectivity index (χ2v) is 7.79. The van der Waals surface area contributed by atoms with E-state index in [1.807, 2.05) is 24.3 Å². The van der Waals surface area contributed by atoms with Gasteiger partial charge in [0, 0.05) is 24.2 Å². The maximum Gasteiger partial charge on any atom is 0.0919 e. The predicted octanol–water partition coefficient (Wildman–Crippen LogP) is 3.32. The lowest BCUT2D eigenvalue weighted by Gasteiger charge is -2.22. The monoisotopic (exact) mass is 223 g/mol. The predicted molar refractivity (Wildman–Crippen MR) is 65.7 cm³/mol. The summed E-state index contributed by atoms with van der Waals surface area (Å²) in [5.41, 5.74) is 7.58. The van der Waals surface area contributed by atoms with Gasteiger partial charge in [-0.2, -0.15) is 0 Å². The second kappa shape index (κ2) is 4.40. The van der Waals surface area contributed by atoms with Crippen LogP contribution in [-0.4, -0.2) is 12.3 Å². The van der Waals surface area contributed by atoms with E-state index in [4.69, 9.17) is 5.73 Å². The number of benzene rings is 1. The van der Waals surface area contributed by atoms with Crippen molar-refractivity contribution in [1.82, 2.24) is 0 Å². The van der Waals surface area contributed by atoms with Crippen molar-refractivity contribution in [3.63, 3.8) is 0 Å². The normalized spacial score (nSPS) is 20.0. The molecule has 0 bridgehead atoms. The Hall–Kier alpha value is -0.750. The first-order valence-corrected chi connectivity index (χ1v) is 7.86. The van der Waals surface area contributed by atoms with E-state index in [1.165, 1.54) is 12.0 Å². The summed E-state index contributed by atoms with van der Waals surface area (Å²) in [4.78, 5) is 0. The van der Waals surface area contributed by atoms with Crippen LogP contribution in [0.3, 0.4) is 0 Å². The first-order valence-electron chi connectivity index (χ1n) is 5.59. The van der Waals surface area contributed by atoms with Crippen LogP contribution in [0.1, 0.15) is 24.8 Å². The molecule has 0 atom stereocenters. The fraction of sp³-hybridized carbons (Fsp3) is 0.500. The fourth-order valence-corrected chi connectivity index (χ4v) is 5.22. The highest BCUT2D eigenvalue weighted by atomic mass is 31.2. The molecule has 0 radical (unpaired) electrons. The molecule has 1 saturated heterocycles. The van der Waals surface area contributed by atoms with Crippen LogP contribution in [0.4, 0.5) is 5.69 Å². The van der Waals surface area contributed by atoms with Crippen molar-refractivity contribution >= 4 is 12.8 Å². The molecule has 0 aliphatic carbocycles. The zero-order valence-corrected chi connectivity index (χ0v) is 9.88. The first kappa shape index (κ1) is 10.8. The lowest BCUT2D eigenvalue weighted by atomic mass is 10.2. The van der Waals surface area contributed by atoms with Crippen LogP contribution < -0.4 is 5.73 Å². The molecular weight excluding hydrogens is 205 g/mol. The largest absolute Gasteiger partial charge is 0.399 e. The van der Waals surface area contributed by atoms with Gasteiger partial charge in [0.2, 0.25) is 0 Å². The minimum Gasteiger partial charge on any atom is -0.399 e. The summed E-state index contributed by atoms with van der Waals surface area (Å²) in [6, 6.07) is 7.80. The molecule has 0 spiro atoms. The van der Waals surface area contributed by atoms with Crippen molar-refractivity contribution in [2.75, 3.05) is 18.1 Å². The zero-order valence-electron chi connectivity index (χ0n) is 8.98. The van der Waals surface area contributed by atoms with E-state index in [9.17, 15) is 4.57 Å². The Kier molecular flexibility index (Phi) is 3.16. The van der Waals surface area contributed by atoms with Crippen LogP contribution in [0.25, 0.3) is 0 Å². The third-order valence-electron chi connectivity index (χ3n) is 3.08. The number of nitrogen functional groups attached to an aromatic ring is 1. The quantitative estimate of drug-likeness (QED) is 0.617. The Labute approximate surface area is 91.2 Å². The SMILES string of the molecule is Nc1ccc(CP2(=O)CCCCC2)cc1. The van der Waals surface area contributed by atoms with E-state index in [1.54, 1.807) is 0 Å². The third kappa shape index (κ3) is 2.85. The highest BCUT2D eigenvalue weighted by molar-refractivity contribution is 7.63. The molecule has 0 amide bonds. The van der Waals surface area contributed by atoms with Crippen LogP contribution in [-0.2, 0) is 10.7 Å². The molecular formula is C12H18NOP. The summed E-state index contributed by atoms with van der Waals surface area (Å²) < 4.78 is 12.5. The maximum absolute atomic E-state index is 12.5. The highest BCUT2D eigenvalue weighted by Crippen LogP contribution is 2.53. The molecule has 0 saturated carbocycles. The summed E-state index contributed by atoms with van der Waals surface area (Å²) in [6.07, 6.45) is 6.20. The average Bonchev–Trinajstić information content (AvgIpc) is 2.22. The van der Waals surface area contributed by atoms with Crippen molar-refractivity contribution in [2.24, 2.45) is 0 Å². The molecule has 1 aliphatic heterocycles. The molecule has 1 aromatic carbocycles. The Morgan fingerprint density at radius 2 is 1.67 bits per heavy atom. The molecule has 1 aliphatic rings. The van der Waals surface area contributed by atoms with Gasteiger partial charge in [-0.3, -0.25) is 0 Å². The van der Waals surface area contributed by atoms with Crippen LogP contribution in [0.2, 0.25) is 0 Å². The summed E-state index contributed by atoms with van der Waals surface area (Å²) in [7, 11) is -1.89. The van der Waals surface area contributed by atoms with Gasteiger partial charge in [0.15, 0.2) is 0 Å². The lowest BCUT2D eigenvalue weighted by Crippen LogP contribution is -2.05. The van der Waals surface area contributed by atoms with Gasteiger partial charge in [-0.15, -0.1) is 0 Å². The number of anilines is 1. The Bertz CT molecular complexity index is 362. The molecule has 0 aromatic heterocycles. The maximum atomic E-state index is 12.5. The van der Waals surface area contributed by atoms with Gasteiger partial charge in [-0.05, 0) is 30.5 Å². The summed E-state index contributed by atoms with van der Waals surface area (Å²) in [5.74, 6) is 0. The topological polar surface area (TPSA) is 43.1 Å². The molecule has 15 heavy (non-hydrogen) atoms. The van der Waals surface area contributed by atoms with E-state index in [0.29, 0.717) is 0 Å². The van der Waals surface area contributed by atoms with Crippen molar-refractivity contribution in [1.29, 1.82) is 0 Å². The Morgan fingerprint density at radius 1 is 1.07 bits per heavy atom. The van der Waals surface area contributed by atoms with E-state index < -0.39 is 7.14 Å². The van der Waals surface area contributed by atoms with E-state index in [-0.39, 0.29) is 0 Å². The number of nitrogens with two attached hydrogens (primary N) is 1. The molecule has 82 valence electrons. The van der Waals surface area contributed by atoms with Gasteiger partial charge >= 0.3 is 0 Å². The Morgan fingerprint density at radius 3 is 2.27 bits per heavy atom. The van der Waals surface area contributed by atoms with Crippen LogP contribution in [0.5, 0.6) is 0 Å². The summed E-state index contributed by atoms with van der Waals surface area (Å²) in [5, 5.41) is 0. The van der Waals surface area contributed by atoms with Gasteiger partial charge in [0.25, 0.3) is 0 Å². The zero-order chi connectivity index (χ0) is 10.7. The van der Waals surface area contributed by atoms with E-state index in [0.717, 1.165) is 37.0 Å². The van der Waals surface area contributed by atoms with Crippen LogP contribution in [0, 0.1) is 0 Å². The minimum absolute atomic E-state index is 0.771. The molecule has 2 N–H and O–H groups in total. The first-order chi connectivity index (χ1) is 7.18. The van der Waals surface area contributed by atoms with Gasteiger partial charge < -0.3 is 10.3 Å². The van der Waals surface area contributed by atoms with Crippen molar-refractivity contribution in [3.05, 3.63) is 29.8 Å². The lowest BCUT2D eigenvalue weighted by molar-refractivity contribution is 0.559. The van der Waals surface area contributed by atoms with Crippen LogP contribution >= 0.6 is 7.14 Å². The van der Waals surface area contributed by atoms with Crippen molar-refractivity contribution in [3.8, 4) is 0 Å². The molecule has 2 rings (SSSR count). The summed E-state index contributed by atoms with van der Waals surface area (Å²) in [6.45, 7) is 0. The highest BCUT2D eigenvalue weighted by Gasteiger charge is 2.24. The van der Waals surface area contributed by atoms with Crippen molar-refractivity contribution < 1.29 is 4.57 Å². The molecule has 1 fully saturated rings.